The van der Waals surface area contributed by atoms with Crippen LogP contribution in [-0.4, -0.2) is 10.9 Å². The first-order chi connectivity index (χ1) is 5.74. The van der Waals surface area contributed by atoms with E-state index in [-0.39, 0.29) is 5.83 Å². The van der Waals surface area contributed by atoms with Crippen molar-refractivity contribution in [3.8, 4) is 6.07 Å². The topological polar surface area (TPSA) is 56.4 Å². The molecule has 0 bridgehead atoms. The third kappa shape index (κ3) is 4.23. The van der Waals surface area contributed by atoms with Crippen LogP contribution >= 0.6 is 0 Å². The van der Waals surface area contributed by atoms with Crippen LogP contribution in [0.2, 0.25) is 0 Å². The molecule has 0 aromatic carbocycles. The molecule has 0 aromatic heterocycles. The smallest absolute Gasteiger partial charge is 0.124 e. The minimum absolute atomic E-state index is 0.356. The summed E-state index contributed by atoms with van der Waals surface area (Å²) in [4.78, 5) is 0. The standard InChI is InChI=1S/C6H6FNO.C2H3N/c7-5-2-1-3-6(4-5)8-9;1-2-3/h1-2,4,9H,3H2;1H3. The summed E-state index contributed by atoms with van der Waals surface area (Å²) in [6, 6.07) is 1.75. The van der Waals surface area contributed by atoms with E-state index in [4.69, 9.17) is 10.5 Å². The number of oxime groups is 1. The Morgan fingerprint density at radius 3 is 2.67 bits per heavy atom. The third-order valence-electron chi connectivity index (χ3n) is 1.04. The fourth-order valence-electron chi connectivity index (χ4n) is 0.628. The molecule has 0 aliphatic heterocycles. The number of allylic oxidation sites excluding steroid dienone is 4. The Bertz CT molecular complexity index is 261. The van der Waals surface area contributed by atoms with Crippen LogP contribution in [0.25, 0.3) is 0 Å². The average molecular weight is 168 g/mol. The molecule has 64 valence electrons. The molecule has 0 saturated heterocycles. The molecule has 3 nitrogen and oxygen atoms in total. The van der Waals surface area contributed by atoms with Crippen molar-refractivity contribution in [3.63, 3.8) is 0 Å². The van der Waals surface area contributed by atoms with Crippen molar-refractivity contribution in [1.82, 2.24) is 0 Å². The molecule has 1 N–H and O–H groups in total. The van der Waals surface area contributed by atoms with Gasteiger partial charge in [0.25, 0.3) is 0 Å². The monoisotopic (exact) mass is 168 g/mol. The van der Waals surface area contributed by atoms with Gasteiger partial charge in [0, 0.05) is 13.3 Å². The highest BCUT2D eigenvalue weighted by molar-refractivity contribution is 5.97. The van der Waals surface area contributed by atoms with Crippen molar-refractivity contribution >= 4 is 5.71 Å². The van der Waals surface area contributed by atoms with Gasteiger partial charge in [0.2, 0.25) is 0 Å². The van der Waals surface area contributed by atoms with Crippen LogP contribution in [0.1, 0.15) is 13.3 Å². The van der Waals surface area contributed by atoms with E-state index in [1.165, 1.54) is 19.1 Å². The Labute approximate surface area is 70.1 Å². The average Bonchev–Trinajstić information content (AvgIpc) is 2.06. The van der Waals surface area contributed by atoms with Gasteiger partial charge in [-0.25, -0.2) is 4.39 Å². The lowest BCUT2D eigenvalue weighted by Crippen LogP contribution is -1.95. The summed E-state index contributed by atoms with van der Waals surface area (Å²) in [5.41, 5.74) is 0.356. The predicted molar refractivity (Wildman–Crippen MR) is 43.5 cm³/mol. The largest absolute Gasteiger partial charge is 0.411 e. The lowest BCUT2D eigenvalue weighted by atomic mass is 10.1. The van der Waals surface area contributed by atoms with Gasteiger partial charge in [-0.3, -0.25) is 0 Å². The Morgan fingerprint density at radius 1 is 1.75 bits per heavy atom. The van der Waals surface area contributed by atoms with E-state index in [1.807, 2.05) is 0 Å². The molecule has 4 heteroatoms. The fraction of sp³-hybridized carbons (Fsp3) is 0.250. The second kappa shape index (κ2) is 6.10. The van der Waals surface area contributed by atoms with Gasteiger partial charge in [0.1, 0.15) is 5.83 Å². The van der Waals surface area contributed by atoms with Crippen molar-refractivity contribution in [2.45, 2.75) is 13.3 Å². The van der Waals surface area contributed by atoms with Crippen molar-refractivity contribution in [3.05, 3.63) is 24.1 Å². The van der Waals surface area contributed by atoms with E-state index >= 15 is 0 Å². The van der Waals surface area contributed by atoms with Gasteiger partial charge in [0.05, 0.1) is 11.8 Å². The summed E-state index contributed by atoms with van der Waals surface area (Å²) in [6.45, 7) is 1.43. The SMILES string of the molecule is CC#N.ON=C1C=C(F)C=CC1. The molecule has 0 fully saturated rings. The molecule has 0 unspecified atom stereocenters. The minimum Gasteiger partial charge on any atom is -0.411 e. The zero-order valence-electron chi connectivity index (χ0n) is 6.66. The molecular weight excluding hydrogens is 159 g/mol. The Morgan fingerprint density at radius 2 is 2.33 bits per heavy atom. The summed E-state index contributed by atoms with van der Waals surface area (Å²) in [5.74, 6) is -0.367. The van der Waals surface area contributed by atoms with Crippen molar-refractivity contribution < 1.29 is 9.60 Å². The molecule has 1 rings (SSSR count). The van der Waals surface area contributed by atoms with Crippen molar-refractivity contribution in [2.75, 3.05) is 0 Å². The number of hydrogen-bond acceptors (Lipinski definition) is 3. The number of hydrogen-bond donors (Lipinski definition) is 1. The van der Waals surface area contributed by atoms with Gasteiger partial charge in [0.15, 0.2) is 0 Å². The van der Waals surface area contributed by atoms with Crippen LogP contribution < -0.4 is 0 Å². The fourth-order valence-corrected chi connectivity index (χ4v) is 0.628. The predicted octanol–water partition coefficient (Wildman–Crippen LogP) is 2.16. The summed E-state index contributed by atoms with van der Waals surface area (Å²) < 4.78 is 12.2. The van der Waals surface area contributed by atoms with Crippen molar-refractivity contribution in [2.24, 2.45) is 5.16 Å². The van der Waals surface area contributed by atoms with Crippen LogP contribution in [0.4, 0.5) is 4.39 Å². The molecule has 1 aliphatic carbocycles. The third-order valence-corrected chi connectivity index (χ3v) is 1.04. The summed E-state index contributed by atoms with van der Waals surface area (Å²) >= 11 is 0. The molecule has 0 saturated carbocycles. The van der Waals surface area contributed by atoms with Crippen LogP contribution in [0, 0.1) is 11.3 Å². The molecular formula is C8H9FN2O. The summed E-state index contributed by atoms with van der Waals surface area (Å²) in [5, 5.41) is 18.3. The van der Waals surface area contributed by atoms with E-state index < -0.39 is 0 Å². The van der Waals surface area contributed by atoms with E-state index in [1.54, 1.807) is 12.1 Å². The molecule has 1 aliphatic rings. The second-order valence-corrected chi connectivity index (χ2v) is 1.95. The second-order valence-electron chi connectivity index (χ2n) is 1.95. The summed E-state index contributed by atoms with van der Waals surface area (Å²) in [7, 11) is 0. The number of nitriles is 1. The molecule has 0 amide bonds. The lowest BCUT2D eigenvalue weighted by Gasteiger charge is -1.97. The van der Waals surface area contributed by atoms with Gasteiger partial charge >= 0.3 is 0 Å². The highest BCUT2D eigenvalue weighted by Crippen LogP contribution is 2.07. The Hall–Kier alpha value is -1.63. The Kier molecular flexibility index (Phi) is 5.28. The molecule has 12 heavy (non-hydrogen) atoms. The van der Waals surface area contributed by atoms with Gasteiger partial charge < -0.3 is 5.21 Å². The van der Waals surface area contributed by atoms with E-state index in [2.05, 4.69) is 5.16 Å². The maximum atomic E-state index is 12.2. The van der Waals surface area contributed by atoms with Gasteiger partial charge in [-0.05, 0) is 12.2 Å². The van der Waals surface area contributed by atoms with E-state index in [9.17, 15) is 4.39 Å². The van der Waals surface area contributed by atoms with Gasteiger partial charge in [-0.15, -0.1) is 0 Å². The van der Waals surface area contributed by atoms with Crippen LogP contribution in [0.5, 0.6) is 0 Å². The molecule has 0 atom stereocenters. The molecule has 0 heterocycles. The van der Waals surface area contributed by atoms with Crippen molar-refractivity contribution in [1.29, 1.82) is 5.26 Å². The van der Waals surface area contributed by atoms with E-state index in [0.29, 0.717) is 12.1 Å². The quantitative estimate of drug-likeness (QED) is 0.445. The molecule has 0 aromatic rings. The zero-order chi connectivity index (χ0) is 9.40. The normalized spacial score (nSPS) is 17.4. The maximum Gasteiger partial charge on any atom is 0.124 e. The molecule has 0 radical (unpaired) electrons. The highest BCUT2D eigenvalue weighted by atomic mass is 19.1. The zero-order valence-corrected chi connectivity index (χ0v) is 6.66. The number of halogens is 1. The molecule has 0 spiro atoms. The first-order valence-corrected chi connectivity index (χ1v) is 3.30. The minimum atomic E-state index is -0.367. The van der Waals surface area contributed by atoms with Gasteiger partial charge in [-0.1, -0.05) is 11.2 Å². The van der Waals surface area contributed by atoms with Gasteiger partial charge in [-0.2, -0.15) is 5.26 Å². The lowest BCUT2D eigenvalue weighted by molar-refractivity contribution is 0.318. The maximum absolute atomic E-state index is 12.2. The van der Waals surface area contributed by atoms with Crippen LogP contribution in [0.15, 0.2) is 29.2 Å². The number of rotatable bonds is 0. The first kappa shape index (κ1) is 10.4. The highest BCUT2D eigenvalue weighted by Gasteiger charge is 2.00. The Balaban J connectivity index is 0.000000354. The number of nitrogens with zero attached hydrogens (tertiary/aromatic N) is 2. The van der Waals surface area contributed by atoms with Crippen LogP contribution in [-0.2, 0) is 0 Å². The van der Waals surface area contributed by atoms with E-state index in [0.717, 1.165) is 0 Å². The first-order valence-electron chi connectivity index (χ1n) is 3.30. The summed E-state index contributed by atoms with van der Waals surface area (Å²) in [6.07, 6.45) is 4.64. The van der Waals surface area contributed by atoms with Crippen LogP contribution in [0.3, 0.4) is 0 Å².